The molecular weight excluding hydrogens is 258 g/mol. The number of nitrogens with two attached hydrogens (primary N) is 1. The fourth-order valence-corrected chi connectivity index (χ4v) is 2.35. The summed E-state index contributed by atoms with van der Waals surface area (Å²) >= 11 is 0. The van der Waals surface area contributed by atoms with Crippen molar-refractivity contribution in [2.75, 3.05) is 0 Å². The van der Waals surface area contributed by atoms with E-state index in [1.165, 1.54) is 12.3 Å². The van der Waals surface area contributed by atoms with Gasteiger partial charge in [-0.3, -0.25) is 0 Å². The standard InChI is InChI=1S/C9H13N5O3S/c1-6-13-9(14-17-6)5-12-18(15,16)8-2-7(3-10)11-4-8/h2,4,11-12H,3,5,10H2,1H3. The normalized spacial score (nSPS) is 11.9. The second kappa shape index (κ2) is 4.88. The Kier molecular flexibility index (Phi) is 3.45. The highest BCUT2D eigenvalue weighted by Gasteiger charge is 2.16. The first kappa shape index (κ1) is 12.7. The summed E-state index contributed by atoms with van der Waals surface area (Å²) in [5.41, 5.74) is 6.04. The van der Waals surface area contributed by atoms with Crippen LogP contribution in [0.2, 0.25) is 0 Å². The van der Waals surface area contributed by atoms with E-state index in [1.54, 1.807) is 6.92 Å². The maximum Gasteiger partial charge on any atom is 0.242 e. The largest absolute Gasteiger partial charge is 0.363 e. The van der Waals surface area contributed by atoms with Gasteiger partial charge in [0.25, 0.3) is 0 Å². The minimum atomic E-state index is -3.60. The zero-order valence-corrected chi connectivity index (χ0v) is 10.5. The Morgan fingerprint density at radius 1 is 1.56 bits per heavy atom. The van der Waals surface area contributed by atoms with E-state index in [9.17, 15) is 8.42 Å². The third-order valence-electron chi connectivity index (χ3n) is 2.24. The molecule has 0 spiro atoms. The van der Waals surface area contributed by atoms with Crippen LogP contribution in [0.5, 0.6) is 0 Å². The smallest absolute Gasteiger partial charge is 0.242 e. The lowest BCUT2D eigenvalue weighted by Crippen LogP contribution is -2.23. The second-order valence-corrected chi connectivity index (χ2v) is 5.39. The molecule has 0 aliphatic carbocycles. The summed E-state index contributed by atoms with van der Waals surface area (Å²) in [6, 6.07) is 1.48. The summed E-state index contributed by atoms with van der Waals surface area (Å²) in [6.45, 7) is 1.85. The van der Waals surface area contributed by atoms with Crippen molar-refractivity contribution in [1.82, 2.24) is 19.8 Å². The van der Waals surface area contributed by atoms with Crippen molar-refractivity contribution in [2.45, 2.75) is 24.9 Å². The SMILES string of the molecule is Cc1nc(CNS(=O)(=O)c2c[nH]c(CN)c2)no1. The van der Waals surface area contributed by atoms with E-state index in [0.717, 1.165) is 0 Å². The number of nitrogens with one attached hydrogen (secondary N) is 2. The highest BCUT2D eigenvalue weighted by atomic mass is 32.2. The Morgan fingerprint density at radius 2 is 2.33 bits per heavy atom. The van der Waals surface area contributed by atoms with Crippen LogP contribution in [-0.4, -0.2) is 23.5 Å². The van der Waals surface area contributed by atoms with E-state index in [4.69, 9.17) is 10.3 Å². The van der Waals surface area contributed by atoms with Crippen molar-refractivity contribution < 1.29 is 12.9 Å². The fourth-order valence-electron chi connectivity index (χ4n) is 1.35. The lowest BCUT2D eigenvalue weighted by Gasteiger charge is -2.01. The number of nitrogens with zero attached hydrogens (tertiary/aromatic N) is 2. The first-order chi connectivity index (χ1) is 8.51. The van der Waals surface area contributed by atoms with Crippen LogP contribution in [0, 0.1) is 6.92 Å². The molecule has 98 valence electrons. The third kappa shape index (κ3) is 2.75. The number of sulfonamides is 1. The Bertz CT molecular complexity index is 630. The van der Waals surface area contributed by atoms with Gasteiger partial charge in [-0.15, -0.1) is 0 Å². The van der Waals surface area contributed by atoms with E-state index < -0.39 is 10.0 Å². The number of aromatic amines is 1. The van der Waals surface area contributed by atoms with E-state index in [1.807, 2.05) is 0 Å². The van der Waals surface area contributed by atoms with Gasteiger partial charge < -0.3 is 15.2 Å². The van der Waals surface area contributed by atoms with Gasteiger partial charge in [0.1, 0.15) is 0 Å². The van der Waals surface area contributed by atoms with Crippen LogP contribution in [0.3, 0.4) is 0 Å². The molecule has 2 rings (SSSR count). The predicted octanol–water partition coefficient (Wildman–Crippen LogP) is -0.357. The summed E-state index contributed by atoms with van der Waals surface area (Å²) < 4.78 is 30.9. The Morgan fingerprint density at radius 3 is 2.89 bits per heavy atom. The van der Waals surface area contributed by atoms with Crippen LogP contribution in [0.25, 0.3) is 0 Å². The fraction of sp³-hybridized carbons (Fsp3) is 0.333. The minimum Gasteiger partial charge on any atom is -0.363 e. The van der Waals surface area contributed by atoms with Crippen molar-refractivity contribution in [3.05, 3.63) is 29.7 Å². The van der Waals surface area contributed by atoms with Crippen LogP contribution in [0.15, 0.2) is 21.7 Å². The number of aryl methyl sites for hydroxylation is 1. The topological polar surface area (TPSA) is 127 Å². The molecule has 0 amide bonds. The molecule has 0 atom stereocenters. The maximum absolute atomic E-state index is 11.9. The molecule has 0 aliphatic rings. The van der Waals surface area contributed by atoms with Crippen molar-refractivity contribution in [2.24, 2.45) is 5.73 Å². The monoisotopic (exact) mass is 271 g/mol. The zero-order valence-electron chi connectivity index (χ0n) is 9.67. The van der Waals surface area contributed by atoms with Crippen LogP contribution >= 0.6 is 0 Å². The Balaban J connectivity index is 2.07. The molecule has 2 aromatic heterocycles. The molecule has 18 heavy (non-hydrogen) atoms. The van der Waals surface area contributed by atoms with Crippen LogP contribution in [-0.2, 0) is 23.1 Å². The number of H-pyrrole nitrogens is 1. The lowest BCUT2D eigenvalue weighted by molar-refractivity contribution is 0.387. The van der Waals surface area contributed by atoms with Gasteiger partial charge in [-0.1, -0.05) is 5.16 Å². The number of aromatic nitrogens is 3. The molecule has 9 heteroatoms. The highest BCUT2D eigenvalue weighted by Crippen LogP contribution is 2.10. The second-order valence-electron chi connectivity index (χ2n) is 3.62. The lowest BCUT2D eigenvalue weighted by atomic mass is 10.4. The average molecular weight is 271 g/mol. The van der Waals surface area contributed by atoms with Crippen molar-refractivity contribution >= 4 is 10.0 Å². The predicted molar refractivity (Wildman–Crippen MR) is 61.7 cm³/mol. The van der Waals surface area contributed by atoms with Gasteiger partial charge in [-0.05, 0) is 6.07 Å². The zero-order chi connectivity index (χ0) is 13.2. The highest BCUT2D eigenvalue weighted by molar-refractivity contribution is 7.89. The van der Waals surface area contributed by atoms with Crippen molar-refractivity contribution in [3.63, 3.8) is 0 Å². The molecule has 2 heterocycles. The number of rotatable bonds is 5. The molecule has 8 nitrogen and oxygen atoms in total. The Labute approximate surface area is 104 Å². The summed E-state index contributed by atoms with van der Waals surface area (Å²) in [6.07, 6.45) is 1.38. The van der Waals surface area contributed by atoms with E-state index in [0.29, 0.717) is 11.6 Å². The number of hydrogen-bond acceptors (Lipinski definition) is 6. The summed E-state index contributed by atoms with van der Waals surface area (Å²) in [4.78, 5) is 6.79. The van der Waals surface area contributed by atoms with Crippen LogP contribution in [0.4, 0.5) is 0 Å². The molecule has 4 N–H and O–H groups in total. The van der Waals surface area contributed by atoms with Gasteiger partial charge in [0.2, 0.25) is 15.9 Å². The van der Waals surface area contributed by atoms with Crippen molar-refractivity contribution in [3.8, 4) is 0 Å². The third-order valence-corrected chi connectivity index (χ3v) is 3.62. The summed E-state index contributed by atoms with van der Waals surface area (Å²) in [5, 5.41) is 3.59. The molecule has 0 unspecified atom stereocenters. The quantitative estimate of drug-likeness (QED) is 0.681. The van der Waals surface area contributed by atoms with Gasteiger partial charge in [-0.2, -0.15) is 4.98 Å². The molecule has 2 aromatic rings. The van der Waals surface area contributed by atoms with Crippen LogP contribution < -0.4 is 10.5 Å². The molecule has 0 bridgehead atoms. The summed E-state index contributed by atoms with van der Waals surface area (Å²) in [5.74, 6) is 0.668. The van der Waals surface area contributed by atoms with Crippen molar-refractivity contribution in [1.29, 1.82) is 0 Å². The average Bonchev–Trinajstić information content (AvgIpc) is 2.95. The number of hydrogen-bond donors (Lipinski definition) is 3. The van der Waals surface area contributed by atoms with Crippen LogP contribution in [0.1, 0.15) is 17.4 Å². The first-order valence-electron chi connectivity index (χ1n) is 5.17. The molecular formula is C9H13N5O3S. The van der Waals surface area contributed by atoms with Gasteiger partial charge in [-0.25, -0.2) is 13.1 Å². The molecule has 0 aromatic carbocycles. The van der Waals surface area contributed by atoms with Gasteiger partial charge >= 0.3 is 0 Å². The summed E-state index contributed by atoms with van der Waals surface area (Å²) in [7, 11) is -3.60. The molecule has 0 radical (unpaired) electrons. The Hall–Kier alpha value is -1.71. The molecule has 0 saturated carbocycles. The van der Waals surface area contributed by atoms with E-state index >= 15 is 0 Å². The van der Waals surface area contributed by atoms with Gasteiger partial charge in [0.15, 0.2) is 5.82 Å². The van der Waals surface area contributed by atoms with Gasteiger partial charge in [0, 0.05) is 25.4 Å². The van der Waals surface area contributed by atoms with Gasteiger partial charge in [0.05, 0.1) is 11.4 Å². The maximum atomic E-state index is 11.9. The van der Waals surface area contributed by atoms with E-state index in [2.05, 4.69) is 19.8 Å². The van der Waals surface area contributed by atoms with E-state index in [-0.39, 0.29) is 23.8 Å². The molecule has 0 fully saturated rings. The minimum absolute atomic E-state index is 0.0250. The first-order valence-corrected chi connectivity index (χ1v) is 6.66. The molecule has 0 aliphatic heterocycles. The molecule has 0 saturated heterocycles.